The summed E-state index contributed by atoms with van der Waals surface area (Å²) in [5.74, 6) is 0.869. The van der Waals surface area contributed by atoms with Crippen LogP contribution in [0.1, 0.15) is 11.1 Å². The van der Waals surface area contributed by atoms with Gasteiger partial charge >= 0.3 is 0 Å². The van der Waals surface area contributed by atoms with Crippen molar-refractivity contribution in [1.82, 2.24) is 4.98 Å². The van der Waals surface area contributed by atoms with Crippen molar-refractivity contribution in [3.63, 3.8) is 0 Å². The van der Waals surface area contributed by atoms with Crippen LogP contribution in [0, 0.1) is 0 Å². The summed E-state index contributed by atoms with van der Waals surface area (Å²) in [5, 5.41) is 9.34. The van der Waals surface area contributed by atoms with Gasteiger partial charge in [0.25, 0.3) is 0 Å². The Labute approximate surface area is 113 Å². The first kappa shape index (κ1) is 13.4. The number of aliphatic hydroxyl groups is 1. The molecule has 0 atom stereocenters. The van der Waals surface area contributed by atoms with Crippen LogP contribution < -0.4 is 9.64 Å². The van der Waals surface area contributed by atoms with E-state index >= 15 is 0 Å². The van der Waals surface area contributed by atoms with Crippen molar-refractivity contribution >= 4 is 5.69 Å². The summed E-state index contributed by atoms with van der Waals surface area (Å²) in [5.41, 5.74) is 2.90. The number of benzene rings is 1. The van der Waals surface area contributed by atoms with Gasteiger partial charge in [0.05, 0.1) is 13.7 Å². The number of aromatic nitrogens is 1. The van der Waals surface area contributed by atoms with Gasteiger partial charge in [-0.15, -0.1) is 0 Å². The van der Waals surface area contributed by atoms with Gasteiger partial charge in [-0.1, -0.05) is 18.2 Å². The predicted octanol–water partition coefficient (Wildman–Crippen LogP) is 2.22. The van der Waals surface area contributed by atoms with E-state index in [2.05, 4.69) is 9.88 Å². The topological polar surface area (TPSA) is 45.6 Å². The van der Waals surface area contributed by atoms with E-state index in [1.807, 2.05) is 37.4 Å². The molecule has 0 saturated heterocycles. The maximum absolute atomic E-state index is 9.34. The molecular weight excluding hydrogens is 240 g/mol. The quantitative estimate of drug-likeness (QED) is 0.893. The van der Waals surface area contributed by atoms with E-state index in [1.165, 1.54) is 0 Å². The number of pyridine rings is 1. The molecule has 0 radical (unpaired) electrons. The van der Waals surface area contributed by atoms with Crippen molar-refractivity contribution in [2.75, 3.05) is 19.1 Å². The van der Waals surface area contributed by atoms with E-state index in [-0.39, 0.29) is 6.61 Å². The van der Waals surface area contributed by atoms with Crippen LogP contribution in [0.15, 0.2) is 42.7 Å². The Hall–Kier alpha value is -2.07. The van der Waals surface area contributed by atoms with Crippen molar-refractivity contribution in [2.24, 2.45) is 0 Å². The van der Waals surface area contributed by atoms with Crippen LogP contribution in [0.5, 0.6) is 5.75 Å². The molecule has 19 heavy (non-hydrogen) atoms. The summed E-state index contributed by atoms with van der Waals surface area (Å²) in [6.45, 7) is 0.695. The van der Waals surface area contributed by atoms with Gasteiger partial charge < -0.3 is 14.7 Å². The molecule has 4 heteroatoms. The lowest BCUT2D eigenvalue weighted by Gasteiger charge is -2.22. The van der Waals surface area contributed by atoms with Crippen LogP contribution in [0.2, 0.25) is 0 Å². The third-order valence-electron chi connectivity index (χ3n) is 3.06. The first-order valence-electron chi connectivity index (χ1n) is 6.13. The van der Waals surface area contributed by atoms with E-state index in [9.17, 15) is 5.11 Å². The molecule has 0 fully saturated rings. The van der Waals surface area contributed by atoms with E-state index in [4.69, 9.17) is 4.74 Å². The van der Waals surface area contributed by atoms with Crippen molar-refractivity contribution in [2.45, 2.75) is 13.2 Å². The molecule has 0 amide bonds. The van der Waals surface area contributed by atoms with Crippen molar-refractivity contribution < 1.29 is 9.84 Å². The molecule has 4 nitrogen and oxygen atoms in total. The molecule has 0 aliphatic heterocycles. The minimum Gasteiger partial charge on any atom is -0.496 e. The van der Waals surface area contributed by atoms with Crippen molar-refractivity contribution in [3.8, 4) is 5.75 Å². The number of anilines is 1. The maximum Gasteiger partial charge on any atom is 0.123 e. The lowest BCUT2D eigenvalue weighted by molar-refractivity contribution is 0.281. The van der Waals surface area contributed by atoms with Crippen LogP contribution >= 0.6 is 0 Å². The van der Waals surface area contributed by atoms with E-state index < -0.39 is 0 Å². The van der Waals surface area contributed by atoms with Crippen LogP contribution in [0.4, 0.5) is 5.69 Å². The maximum atomic E-state index is 9.34. The van der Waals surface area contributed by atoms with Crippen LogP contribution in [-0.2, 0) is 13.2 Å². The molecule has 0 spiro atoms. The summed E-state index contributed by atoms with van der Waals surface area (Å²) < 4.78 is 5.35. The zero-order chi connectivity index (χ0) is 13.7. The van der Waals surface area contributed by atoms with Crippen molar-refractivity contribution in [3.05, 3.63) is 53.9 Å². The Morgan fingerprint density at radius 3 is 2.74 bits per heavy atom. The van der Waals surface area contributed by atoms with Gasteiger partial charge in [-0.3, -0.25) is 4.98 Å². The average molecular weight is 258 g/mol. The molecule has 0 saturated carbocycles. The highest BCUT2D eigenvalue weighted by atomic mass is 16.5. The molecule has 1 N–H and O–H groups in total. The number of ether oxygens (including phenoxy) is 1. The molecule has 100 valence electrons. The van der Waals surface area contributed by atoms with Gasteiger partial charge in [0, 0.05) is 42.8 Å². The third kappa shape index (κ3) is 3.03. The highest BCUT2D eigenvalue weighted by Gasteiger charge is 2.09. The van der Waals surface area contributed by atoms with E-state index in [0.717, 1.165) is 22.6 Å². The first-order valence-corrected chi connectivity index (χ1v) is 6.13. The van der Waals surface area contributed by atoms with Crippen LogP contribution in [0.3, 0.4) is 0 Å². The number of hydrogen-bond donors (Lipinski definition) is 1. The number of methoxy groups -OCH3 is 1. The normalized spacial score (nSPS) is 10.3. The molecule has 0 aliphatic rings. The molecule has 0 unspecified atom stereocenters. The van der Waals surface area contributed by atoms with Gasteiger partial charge in [-0.25, -0.2) is 0 Å². The first-order chi connectivity index (χ1) is 9.26. The third-order valence-corrected chi connectivity index (χ3v) is 3.06. The molecule has 0 aliphatic carbocycles. The van der Waals surface area contributed by atoms with Gasteiger partial charge in [-0.05, 0) is 12.1 Å². The van der Waals surface area contributed by atoms with Gasteiger partial charge in [0.15, 0.2) is 0 Å². The fourth-order valence-electron chi connectivity index (χ4n) is 2.09. The summed E-state index contributed by atoms with van der Waals surface area (Å²) in [4.78, 5) is 6.10. The lowest BCUT2D eigenvalue weighted by atomic mass is 10.1. The number of aliphatic hydroxyl groups excluding tert-OH is 1. The minimum atomic E-state index is -0.0144. The lowest BCUT2D eigenvalue weighted by Crippen LogP contribution is -2.18. The standard InChI is InChI=1S/C15H18N2O2/c1-17(14-7-8-16-9-13(14)11-18)10-12-5-3-4-6-15(12)19-2/h3-9,18H,10-11H2,1-2H3. The molecular formula is C15H18N2O2. The Balaban J connectivity index is 2.23. The molecule has 2 rings (SSSR count). The van der Waals surface area contributed by atoms with E-state index in [1.54, 1.807) is 19.5 Å². The fraction of sp³-hybridized carbons (Fsp3) is 0.267. The van der Waals surface area contributed by atoms with Gasteiger partial charge in [-0.2, -0.15) is 0 Å². The predicted molar refractivity (Wildman–Crippen MR) is 75.3 cm³/mol. The largest absolute Gasteiger partial charge is 0.496 e. The molecule has 0 bridgehead atoms. The zero-order valence-corrected chi connectivity index (χ0v) is 11.2. The second-order valence-corrected chi connectivity index (χ2v) is 4.33. The number of rotatable bonds is 5. The molecule has 1 aromatic carbocycles. The number of para-hydroxylation sites is 1. The summed E-state index contributed by atoms with van der Waals surface area (Å²) in [7, 11) is 3.66. The summed E-state index contributed by atoms with van der Waals surface area (Å²) >= 11 is 0. The van der Waals surface area contributed by atoms with Crippen LogP contribution in [-0.4, -0.2) is 24.2 Å². The number of nitrogens with zero attached hydrogens (tertiary/aromatic N) is 2. The Bertz CT molecular complexity index is 543. The number of hydrogen-bond acceptors (Lipinski definition) is 4. The monoisotopic (exact) mass is 258 g/mol. The Morgan fingerprint density at radius 2 is 2.00 bits per heavy atom. The highest BCUT2D eigenvalue weighted by Crippen LogP contribution is 2.24. The second-order valence-electron chi connectivity index (χ2n) is 4.33. The smallest absolute Gasteiger partial charge is 0.123 e. The van der Waals surface area contributed by atoms with Crippen LogP contribution in [0.25, 0.3) is 0 Å². The minimum absolute atomic E-state index is 0.0144. The fourth-order valence-corrected chi connectivity index (χ4v) is 2.09. The Morgan fingerprint density at radius 1 is 1.21 bits per heavy atom. The summed E-state index contributed by atoms with van der Waals surface area (Å²) in [6.07, 6.45) is 3.42. The van der Waals surface area contributed by atoms with E-state index in [0.29, 0.717) is 6.54 Å². The van der Waals surface area contributed by atoms with Gasteiger partial charge in [0.1, 0.15) is 5.75 Å². The zero-order valence-electron chi connectivity index (χ0n) is 11.2. The van der Waals surface area contributed by atoms with Crippen molar-refractivity contribution in [1.29, 1.82) is 0 Å². The highest BCUT2D eigenvalue weighted by molar-refractivity contribution is 5.52. The summed E-state index contributed by atoms with van der Waals surface area (Å²) in [6, 6.07) is 9.83. The molecule has 1 aromatic heterocycles. The molecule has 1 heterocycles. The van der Waals surface area contributed by atoms with Gasteiger partial charge in [0.2, 0.25) is 0 Å². The second kappa shape index (κ2) is 6.20. The SMILES string of the molecule is COc1ccccc1CN(C)c1ccncc1CO. The Kier molecular flexibility index (Phi) is 4.36. The average Bonchev–Trinajstić information content (AvgIpc) is 2.47. The molecule has 2 aromatic rings.